The SMILES string of the molecule is Nc1nc(-c2ccc(F)cc2C(F)(F)F)cs1. The molecule has 0 atom stereocenters. The minimum absolute atomic E-state index is 0.0971. The van der Waals surface area contributed by atoms with Crippen LogP contribution in [-0.2, 0) is 6.18 Å². The smallest absolute Gasteiger partial charge is 0.375 e. The van der Waals surface area contributed by atoms with Gasteiger partial charge in [-0.05, 0) is 18.2 Å². The van der Waals surface area contributed by atoms with Gasteiger partial charge in [0.15, 0.2) is 5.13 Å². The van der Waals surface area contributed by atoms with E-state index in [2.05, 4.69) is 4.98 Å². The van der Waals surface area contributed by atoms with E-state index in [-0.39, 0.29) is 16.4 Å². The van der Waals surface area contributed by atoms with E-state index in [1.54, 1.807) is 0 Å². The molecule has 2 aromatic rings. The number of rotatable bonds is 1. The highest BCUT2D eigenvalue weighted by Crippen LogP contribution is 2.37. The Hall–Kier alpha value is -1.63. The number of hydrogen-bond acceptors (Lipinski definition) is 3. The van der Waals surface area contributed by atoms with Crippen LogP contribution in [0.15, 0.2) is 23.6 Å². The Kier molecular flexibility index (Phi) is 2.78. The monoisotopic (exact) mass is 262 g/mol. The van der Waals surface area contributed by atoms with Crippen molar-refractivity contribution < 1.29 is 17.6 Å². The highest BCUT2D eigenvalue weighted by atomic mass is 32.1. The zero-order valence-corrected chi connectivity index (χ0v) is 9.07. The minimum atomic E-state index is -4.63. The first-order chi connectivity index (χ1) is 7.88. The van der Waals surface area contributed by atoms with E-state index in [9.17, 15) is 17.6 Å². The highest BCUT2D eigenvalue weighted by Gasteiger charge is 2.34. The average molecular weight is 262 g/mol. The van der Waals surface area contributed by atoms with E-state index in [1.807, 2.05) is 0 Å². The van der Waals surface area contributed by atoms with Crippen molar-refractivity contribution >= 4 is 16.5 Å². The summed E-state index contributed by atoms with van der Waals surface area (Å²) in [5, 5.41) is 1.56. The predicted molar refractivity (Wildman–Crippen MR) is 56.9 cm³/mol. The van der Waals surface area contributed by atoms with Gasteiger partial charge >= 0.3 is 6.18 Å². The molecule has 17 heavy (non-hydrogen) atoms. The second-order valence-electron chi connectivity index (χ2n) is 3.26. The fourth-order valence-corrected chi connectivity index (χ4v) is 1.95. The van der Waals surface area contributed by atoms with Crippen molar-refractivity contribution in [1.29, 1.82) is 0 Å². The normalized spacial score (nSPS) is 11.8. The molecule has 0 fully saturated rings. The number of nitrogen functional groups attached to an aromatic ring is 1. The molecule has 0 aliphatic carbocycles. The number of alkyl halides is 3. The Morgan fingerprint density at radius 2 is 1.94 bits per heavy atom. The minimum Gasteiger partial charge on any atom is -0.375 e. The van der Waals surface area contributed by atoms with Gasteiger partial charge in [-0.1, -0.05) is 0 Å². The summed E-state index contributed by atoms with van der Waals surface area (Å²) < 4.78 is 51.0. The maximum Gasteiger partial charge on any atom is 0.417 e. The third kappa shape index (κ3) is 2.38. The van der Waals surface area contributed by atoms with Crippen LogP contribution in [0.5, 0.6) is 0 Å². The summed E-state index contributed by atoms with van der Waals surface area (Å²) in [6, 6.07) is 2.46. The Bertz CT molecular complexity index is 547. The molecule has 0 amide bonds. The number of anilines is 1. The van der Waals surface area contributed by atoms with Gasteiger partial charge in [0.1, 0.15) is 5.82 Å². The van der Waals surface area contributed by atoms with Crippen LogP contribution in [0.4, 0.5) is 22.7 Å². The van der Waals surface area contributed by atoms with Crippen LogP contribution < -0.4 is 5.73 Å². The lowest BCUT2D eigenvalue weighted by molar-refractivity contribution is -0.137. The van der Waals surface area contributed by atoms with Crippen molar-refractivity contribution in [1.82, 2.24) is 4.98 Å². The summed E-state index contributed by atoms with van der Waals surface area (Å²) in [4.78, 5) is 3.76. The van der Waals surface area contributed by atoms with Crippen molar-refractivity contribution in [2.24, 2.45) is 0 Å². The van der Waals surface area contributed by atoms with Crippen molar-refractivity contribution in [3.63, 3.8) is 0 Å². The Morgan fingerprint density at radius 3 is 2.47 bits per heavy atom. The molecular formula is C10H6F4N2S. The number of nitrogens with zero attached hydrogens (tertiary/aromatic N) is 1. The molecule has 2 nitrogen and oxygen atoms in total. The second kappa shape index (κ2) is 3.99. The summed E-state index contributed by atoms with van der Waals surface area (Å²) in [5.41, 5.74) is 4.23. The lowest BCUT2D eigenvalue weighted by atomic mass is 10.0. The molecular weight excluding hydrogens is 256 g/mol. The fraction of sp³-hybridized carbons (Fsp3) is 0.100. The summed E-state index contributed by atoms with van der Waals surface area (Å²) >= 11 is 1.03. The molecule has 1 aromatic carbocycles. The van der Waals surface area contributed by atoms with Crippen molar-refractivity contribution in [2.75, 3.05) is 5.73 Å². The maximum absolute atomic E-state index is 12.9. The highest BCUT2D eigenvalue weighted by molar-refractivity contribution is 7.13. The molecule has 0 aliphatic rings. The third-order valence-corrected chi connectivity index (χ3v) is 2.76. The van der Waals surface area contributed by atoms with Gasteiger partial charge in [0.25, 0.3) is 0 Å². The van der Waals surface area contributed by atoms with E-state index >= 15 is 0 Å². The molecule has 1 aromatic heterocycles. The standard InChI is InChI=1S/C10H6F4N2S/c11-5-1-2-6(7(3-5)10(12,13)14)8-4-17-9(15)16-8/h1-4H,(H2,15,16). The quantitative estimate of drug-likeness (QED) is 0.798. The van der Waals surface area contributed by atoms with E-state index in [0.29, 0.717) is 6.07 Å². The summed E-state index contributed by atoms with van der Waals surface area (Å²) in [7, 11) is 0. The van der Waals surface area contributed by atoms with Gasteiger partial charge in [0, 0.05) is 10.9 Å². The molecule has 90 valence electrons. The van der Waals surface area contributed by atoms with Crippen molar-refractivity contribution in [2.45, 2.75) is 6.18 Å². The van der Waals surface area contributed by atoms with Gasteiger partial charge in [-0.2, -0.15) is 13.2 Å². The van der Waals surface area contributed by atoms with Crippen LogP contribution in [0.3, 0.4) is 0 Å². The van der Waals surface area contributed by atoms with Gasteiger partial charge < -0.3 is 5.73 Å². The van der Waals surface area contributed by atoms with Crippen LogP contribution in [0.1, 0.15) is 5.56 Å². The number of halogens is 4. The first kappa shape index (κ1) is 11.8. The van der Waals surface area contributed by atoms with Crippen LogP contribution in [0.2, 0.25) is 0 Å². The number of benzene rings is 1. The molecule has 0 bridgehead atoms. The number of hydrogen-bond donors (Lipinski definition) is 1. The molecule has 0 saturated heterocycles. The first-order valence-electron chi connectivity index (χ1n) is 4.46. The Balaban J connectivity index is 2.61. The molecule has 2 rings (SSSR count). The van der Waals surface area contributed by atoms with Gasteiger partial charge in [0.2, 0.25) is 0 Å². The van der Waals surface area contributed by atoms with Crippen LogP contribution >= 0.6 is 11.3 Å². The van der Waals surface area contributed by atoms with Crippen molar-refractivity contribution in [3.05, 3.63) is 35.0 Å². The molecule has 0 radical (unpaired) electrons. The third-order valence-electron chi connectivity index (χ3n) is 2.08. The van der Waals surface area contributed by atoms with Crippen LogP contribution in [-0.4, -0.2) is 4.98 Å². The number of nitrogens with two attached hydrogens (primary N) is 1. The van der Waals surface area contributed by atoms with Gasteiger partial charge in [-0.25, -0.2) is 9.37 Å². The van der Waals surface area contributed by atoms with Crippen LogP contribution in [0, 0.1) is 5.82 Å². The van der Waals surface area contributed by atoms with E-state index in [1.165, 1.54) is 5.38 Å². The first-order valence-corrected chi connectivity index (χ1v) is 5.34. The Labute approximate surface area is 97.7 Å². The van der Waals surface area contributed by atoms with Gasteiger partial charge in [-0.3, -0.25) is 0 Å². The van der Waals surface area contributed by atoms with Gasteiger partial charge in [0.05, 0.1) is 11.3 Å². The molecule has 0 aliphatic heterocycles. The zero-order valence-electron chi connectivity index (χ0n) is 8.25. The van der Waals surface area contributed by atoms with Crippen LogP contribution in [0.25, 0.3) is 11.3 Å². The van der Waals surface area contributed by atoms with E-state index in [4.69, 9.17) is 5.73 Å². The summed E-state index contributed by atoms with van der Waals surface area (Å²) in [5.74, 6) is -0.940. The number of thiazole rings is 1. The summed E-state index contributed by atoms with van der Waals surface area (Å²) in [6.45, 7) is 0. The molecule has 0 spiro atoms. The largest absolute Gasteiger partial charge is 0.417 e. The Morgan fingerprint density at radius 1 is 1.24 bits per heavy atom. The topological polar surface area (TPSA) is 38.9 Å². The van der Waals surface area contributed by atoms with Crippen molar-refractivity contribution in [3.8, 4) is 11.3 Å². The fourth-order valence-electron chi connectivity index (χ4n) is 1.39. The zero-order chi connectivity index (χ0) is 12.6. The lowest BCUT2D eigenvalue weighted by Gasteiger charge is -2.11. The number of aromatic nitrogens is 1. The molecule has 7 heteroatoms. The average Bonchev–Trinajstić information content (AvgIpc) is 2.63. The summed E-state index contributed by atoms with van der Waals surface area (Å²) in [6.07, 6.45) is -4.63. The molecule has 1 heterocycles. The van der Waals surface area contributed by atoms with Gasteiger partial charge in [-0.15, -0.1) is 11.3 Å². The predicted octanol–water partition coefficient (Wildman–Crippen LogP) is 3.55. The van der Waals surface area contributed by atoms with E-state index in [0.717, 1.165) is 23.5 Å². The molecule has 0 unspecified atom stereocenters. The van der Waals surface area contributed by atoms with E-state index < -0.39 is 17.6 Å². The molecule has 2 N–H and O–H groups in total. The second-order valence-corrected chi connectivity index (χ2v) is 4.15. The lowest BCUT2D eigenvalue weighted by Crippen LogP contribution is -2.07. The molecule has 0 saturated carbocycles. The maximum atomic E-state index is 12.9.